The normalized spacial score (nSPS) is 31.8. The lowest BCUT2D eigenvalue weighted by Crippen LogP contribution is -2.43. The van der Waals surface area contributed by atoms with E-state index in [9.17, 15) is 19.8 Å². The number of nitrogens with one attached hydrogen (secondary N) is 1. The van der Waals surface area contributed by atoms with E-state index in [1.165, 1.54) is 13.1 Å². The Morgan fingerprint density at radius 3 is 2.61 bits per heavy atom. The van der Waals surface area contributed by atoms with Crippen LogP contribution in [0, 0.1) is 6.92 Å². The molecule has 1 saturated heterocycles. The van der Waals surface area contributed by atoms with Crippen molar-refractivity contribution in [3.8, 4) is 0 Å². The lowest BCUT2D eigenvalue weighted by molar-refractivity contribution is -0.0565. The Morgan fingerprint density at radius 2 is 2.06 bits per heavy atom. The maximum absolute atomic E-state index is 11.8. The summed E-state index contributed by atoms with van der Waals surface area (Å²) in [4.78, 5) is 25.8. The minimum Gasteiger partial charge on any atom is -0.394 e. The molecule has 1 aliphatic heterocycles. The fraction of sp³-hybridized carbons (Fsp3) is 0.600. The van der Waals surface area contributed by atoms with Crippen molar-refractivity contribution in [3.63, 3.8) is 0 Å². The molecule has 2 heterocycles. The molecule has 0 bridgehead atoms. The molecule has 0 saturated carbocycles. The quantitative estimate of drug-likeness (QED) is 0.463. The monoisotopic (exact) mass is 258 g/mol. The highest BCUT2D eigenvalue weighted by Gasteiger charge is 2.44. The Morgan fingerprint density at radius 1 is 1.39 bits per heavy atom. The summed E-state index contributed by atoms with van der Waals surface area (Å²) in [6.45, 7) is 0.975. The number of aromatic nitrogens is 2. The van der Waals surface area contributed by atoms with Gasteiger partial charge in [-0.15, -0.1) is 0 Å². The van der Waals surface area contributed by atoms with Gasteiger partial charge in [0.05, 0.1) is 6.61 Å². The summed E-state index contributed by atoms with van der Waals surface area (Å²) in [5.74, 6) is 0. The van der Waals surface area contributed by atoms with E-state index in [1.54, 1.807) is 0 Å². The van der Waals surface area contributed by atoms with Gasteiger partial charge in [0.1, 0.15) is 18.3 Å². The number of H-pyrrole nitrogens is 1. The molecule has 4 N–H and O–H groups in total. The van der Waals surface area contributed by atoms with Crippen molar-refractivity contribution in [2.45, 2.75) is 31.5 Å². The van der Waals surface area contributed by atoms with Gasteiger partial charge in [-0.05, 0) is 6.92 Å². The zero-order chi connectivity index (χ0) is 13.4. The molecule has 4 atom stereocenters. The van der Waals surface area contributed by atoms with E-state index in [0.29, 0.717) is 4.57 Å². The summed E-state index contributed by atoms with van der Waals surface area (Å²) >= 11 is 0. The van der Waals surface area contributed by atoms with Crippen LogP contribution < -0.4 is 11.2 Å². The van der Waals surface area contributed by atoms with Crippen LogP contribution in [0.15, 0.2) is 15.8 Å². The first-order chi connectivity index (χ1) is 8.47. The first-order valence-corrected chi connectivity index (χ1v) is 5.40. The molecular weight excluding hydrogens is 244 g/mol. The smallest absolute Gasteiger partial charge is 0.330 e. The van der Waals surface area contributed by atoms with Gasteiger partial charge in [-0.25, -0.2) is 9.36 Å². The van der Waals surface area contributed by atoms with Gasteiger partial charge in [-0.2, -0.15) is 0 Å². The summed E-state index contributed by atoms with van der Waals surface area (Å²) in [5.41, 5.74) is -1.10. The molecule has 100 valence electrons. The molecular formula is C10H14N2O6. The molecule has 0 radical (unpaired) electrons. The molecule has 1 aromatic rings. The predicted molar refractivity (Wildman–Crippen MR) is 59.1 cm³/mol. The van der Waals surface area contributed by atoms with Gasteiger partial charge in [0, 0.05) is 11.8 Å². The van der Waals surface area contributed by atoms with Gasteiger partial charge in [0.2, 0.25) is 0 Å². The third-order valence-electron chi connectivity index (χ3n) is 2.96. The number of ether oxygens (including phenoxy) is 1. The Balaban J connectivity index is 2.48. The number of rotatable bonds is 2. The van der Waals surface area contributed by atoms with E-state index in [-0.39, 0.29) is 5.56 Å². The van der Waals surface area contributed by atoms with E-state index in [2.05, 4.69) is 4.98 Å². The second-order valence-electron chi connectivity index (χ2n) is 4.18. The number of nitrogens with zero attached hydrogens (tertiary/aromatic N) is 1. The largest absolute Gasteiger partial charge is 0.394 e. The number of hydrogen-bond donors (Lipinski definition) is 4. The molecule has 0 aromatic carbocycles. The second-order valence-corrected chi connectivity index (χ2v) is 4.18. The Kier molecular flexibility index (Phi) is 3.35. The summed E-state index contributed by atoms with van der Waals surface area (Å²) in [7, 11) is 0. The van der Waals surface area contributed by atoms with Gasteiger partial charge in [-0.3, -0.25) is 4.79 Å². The molecule has 0 amide bonds. The van der Waals surface area contributed by atoms with Crippen LogP contribution in [0.1, 0.15) is 11.8 Å². The minimum atomic E-state index is -1.46. The van der Waals surface area contributed by atoms with Gasteiger partial charge in [0.25, 0.3) is 5.56 Å². The van der Waals surface area contributed by atoms with E-state index >= 15 is 0 Å². The molecule has 18 heavy (non-hydrogen) atoms. The highest BCUT2D eigenvalue weighted by molar-refractivity contribution is 5.03. The second kappa shape index (κ2) is 4.65. The van der Waals surface area contributed by atoms with Crippen LogP contribution in [0.25, 0.3) is 0 Å². The van der Waals surface area contributed by atoms with Crippen molar-refractivity contribution in [2.24, 2.45) is 0 Å². The van der Waals surface area contributed by atoms with Crippen LogP contribution in [0.5, 0.6) is 0 Å². The number of aromatic amines is 1. The lowest BCUT2D eigenvalue weighted by Gasteiger charge is -2.16. The molecule has 1 aliphatic rings. The number of aryl methyl sites for hydroxylation is 1. The van der Waals surface area contributed by atoms with Crippen molar-refractivity contribution in [1.29, 1.82) is 0 Å². The fourth-order valence-corrected chi connectivity index (χ4v) is 1.91. The van der Waals surface area contributed by atoms with Crippen LogP contribution in [0.3, 0.4) is 0 Å². The van der Waals surface area contributed by atoms with Crippen molar-refractivity contribution in [3.05, 3.63) is 32.6 Å². The maximum Gasteiger partial charge on any atom is 0.330 e. The Bertz CT molecular complexity index is 550. The molecule has 0 unspecified atom stereocenters. The standard InChI is InChI=1S/C10H14N2O6/c1-4-2-11-10(17)12(8(4)16)9-7(15)6(14)5(3-13)18-9/h2,5-7,9,13-15H,3H2,1H3,(H,11,17)/t5-,6-,7+,9-/m0/s1. The van der Waals surface area contributed by atoms with Crippen LogP contribution in [0.2, 0.25) is 0 Å². The van der Waals surface area contributed by atoms with Crippen LogP contribution >= 0.6 is 0 Å². The molecule has 1 aromatic heterocycles. The topological polar surface area (TPSA) is 125 Å². The molecule has 1 fully saturated rings. The number of aliphatic hydroxyl groups is 3. The van der Waals surface area contributed by atoms with E-state index in [4.69, 9.17) is 9.84 Å². The van der Waals surface area contributed by atoms with E-state index in [0.717, 1.165) is 0 Å². The van der Waals surface area contributed by atoms with E-state index < -0.39 is 42.4 Å². The van der Waals surface area contributed by atoms with Gasteiger partial charge >= 0.3 is 5.69 Å². The van der Waals surface area contributed by atoms with E-state index in [1.807, 2.05) is 0 Å². The van der Waals surface area contributed by atoms with Crippen molar-refractivity contribution >= 4 is 0 Å². The predicted octanol–water partition coefficient (Wildman–Crippen LogP) is -2.54. The SMILES string of the molecule is Cc1c[nH]c(=O)n([C@H]2O[C@@H](CO)[C@H](O)[C@H]2O)c1=O. The minimum absolute atomic E-state index is 0.271. The van der Waals surface area contributed by atoms with Crippen molar-refractivity contribution < 1.29 is 20.1 Å². The molecule has 8 nitrogen and oxygen atoms in total. The molecule has 2 rings (SSSR count). The van der Waals surface area contributed by atoms with Crippen molar-refractivity contribution in [2.75, 3.05) is 6.61 Å². The zero-order valence-electron chi connectivity index (χ0n) is 9.61. The van der Waals surface area contributed by atoms with Gasteiger partial charge in [0.15, 0.2) is 6.23 Å². The Hall–Kier alpha value is -1.48. The zero-order valence-corrected chi connectivity index (χ0v) is 9.61. The third kappa shape index (κ3) is 1.89. The summed E-state index contributed by atoms with van der Waals surface area (Å²) in [6.07, 6.45) is -3.90. The first kappa shape index (κ1) is 13.0. The Labute approximate surface area is 101 Å². The van der Waals surface area contributed by atoms with Gasteiger partial charge < -0.3 is 25.0 Å². The average Bonchev–Trinajstić information content (AvgIpc) is 2.62. The first-order valence-electron chi connectivity index (χ1n) is 5.40. The van der Waals surface area contributed by atoms with Crippen LogP contribution in [-0.4, -0.2) is 49.8 Å². The average molecular weight is 258 g/mol. The fourth-order valence-electron chi connectivity index (χ4n) is 1.91. The third-order valence-corrected chi connectivity index (χ3v) is 2.96. The summed E-state index contributed by atoms with van der Waals surface area (Å²) in [5, 5.41) is 28.3. The summed E-state index contributed by atoms with van der Waals surface area (Å²) in [6, 6.07) is 0. The van der Waals surface area contributed by atoms with Crippen LogP contribution in [-0.2, 0) is 4.74 Å². The maximum atomic E-state index is 11.8. The highest BCUT2D eigenvalue weighted by Crippen LogP contribution is 2.27. The number of aliphatic hydroxyl groups excluding tert-OH is 3. The molecule has 0 aliphatic carbocycles. The van der Waals surface area contributed by atoms with Crippen molar-refractivity contribution in [1.82, 2.24) is 9.55 Å². The van der Waals surface area contributed by atoms with Gasteiger partial charge in [-0.1, -0.05) is 0 Å². The van der Waals surface area contributed by atoms with Crippen LogP contribution in [0.4, 0.5) is 0 Å². The molecule has 0 spiro atoms. The lowest BCUT2D eigenvalue weighted by atomic mass is 10.1. The summed E-state index contributed by atoms with van der Waals surface area (Å²) < 4.78 is 5.82. The molecule has 8 heteroatoms. The number of hydrogen-bond acceptors (Lipinski definition) is 6. The highest BCUT2D eigenvalue weighted by atomic mass is 16.6.